The first kappa shape index (κ1) is 33.9. The summed E-state index contributed by atoms with van der Waals surface area (Å²) < 4.78 is 13.8. The van der Waals surface area contributed by atoms with E-state index in [0.29, 0.717) is 41.5 Å². The number of rotatable bonds is 9. The number of carbonyl (C=O) groups excluding carboxylic acids is 1. The smallest absolute Gasteiger partial charge is 0.246 e. The Morgan fingerprint density at radius 3 is 2.59 bits per heavy atom. The number of ether oxygens (including phenoxy) is 1. The van der Waals surface area contributed by atoms with Crippen LogP contribution in [-0.4, -0.2) is 63.5 Å². The van der Waals surface area contributed by atoms with Crippen LogP contribution in [0.4, 0.5) is 5.82 Å². The van der Waals surface area contributed by atoms with Crippen molar-refractivity contribution in [3.05, 3.63) is 11.3 Å². The van der Waals surface area contributed by atoms with Gasteiger partial charge in [-0.2, -0.15) is 0 Å². The number of anilines is 1. The third kappa shape index (κ3) is 6.80. The van der Waals surface area contributed by atoms with Gasteiger partial charge in [-0.05, 0) is 70.8 Å². The maximum atomic E-state index is 13.1. The minimum Gasteiger partial charge on any atom is -0.479 e. The molecule has 0 amide bonds. The molecular formula is C34H55N7O3. The Labute approximate surface area is 263 Å². The number of unbranched alkanes of at least 4 members (excludes halogenated alkanes) is 1. The van der Waals surface area contributed by atoms with Crippen LogP contribution in [0.15, 0.2) is 4.52 Å². The summed E-state index contributed by atoms with van der Waals surface area (Å²) in [6.45, 7) is 17.5. The summed E-state index contributed by atoms with van der Waals surface area (Å²) in [6.07, 6.45) is 9.64. The van der Waals surface area contributed by atoms with Crippen molar-refractivity contribution in [2.45, 2.75) is 131 Å². The molecule has 0 spiro atoms. The molecule has 44 heavy (non-hydrogen) atoms. The van der Waals surface area contributed by atoms with E-state index in [9.17, 15) is 4.79 Å². The van der Waals surface area contributed by atoms with Crippen molar-refractivity contribution in [1.29, 1.82) is 0 Å². The molecule has 4 atom stereocenters. The van der Waals surface area contributed by atoms with E-state index in [1.165, 1.54) is 6.42 Å². The van der Waals surface area contributed by atoms with Crippen molar-refractivity contribution in [2.24, 2.45) is 5.92 Å². The predicted molar refractivity (Wildman–Crippen MR) is 177 cm³/mol. The Morgan fingerprint density at radius 2 is 1.91 bits per heavy atom. The molecule has 1 N–H and O–H groups in total. The number of carbonyl (C=O) groups is 1. The van der Waals surface area contributed by atoms with Crippen molar-refractivity contribution in [3.63, 3.8) is 0 Å². The summed E-state index contributed by atoms with van der Waals surface area (Å²) in [7, 11) is 1.67. The summed E-state index contributed by atoms with van der Waals surface area (Å²) in [5.41, 5.74) is 2.41. The highest BCUT2D eigenvalue weighted by atomic mass is 16.5. The predicted octanol–water partition coefficient (Wildman–Crippen LogP) is 7.27. The first-order chi connectivity index (χ1) is 21.5. The zero-order chi connectivity index (χ0) is 31.8. The van der Waals surface area contributed by atoms with Crippen molar-refractivity contribution >= 4 is 22.6 Å². The van der Waals surface area contributed by atoms with Gasteiger partial charge in [-0.3, -0.25) is 4.79 Å². The van der Waals surface area contributed by atoms with Crippen molar-refractivity contribution in [2.75, 3.05) is 31.6 Å². The fraction of sp³-hybridized carbons (Fsp3) is 0.735. The molecule has 2 fully saturated rings. The second kappa shape index (κ2) is 15.8. The Hall–Kier alpha value is -3.01. The van der Waals surface area contributed by atoms with Crippen LogP contribution < -0.4 is 15.0 Å². The molecule has 244 valence electrons. The van der Waals surface area contributed by atoms with Crippen LogP contribution in [0.3, 0.4) is 0 Å². The molecule has 3 aromatic heterocycles. The third-order valence-corrected chi connectivity index (χ3v) is 9.15. The number of Topliss-reactive ketones (excluding diaryl/α,β-unsaturated/α-hetero) is 1. The highest BCUT2D eigenvalue weighted by Crippen LogP contribution is 2.41. The average molecular weight is 610 g/mol. The van der Waals surface area contributed by atoms with Crippen LogP contribution in [0.25, 0.3) is 22.6 Å². The Morgan fingerprint density at radius 1 is 1.11 bits per heavy atom. The third-order valence-electron chi connectivity index (χ3n) is 9.15. The second-order valence-electron chi connectivity index (χ2n) is 12.0. The molecule has 5 heterocycles. The Kier molecular flexibility index (Phi) is 12.2. The van der Waals surface area contributed by atoms with Gasteiger partial charge in [-0.1, -0.05) is 53.1 Å². The molecule has 3 aliphatic rings. The molecule has 2 saturated heterocycles. The number of aromatic nitrogens is 5. The Balaban J connectivity index is 0.00000106. The normalized spacial score (nSPS) is 22.0. The van der Waals surface area contributed by atoms with Crippen molar-refractivity contribution < 1.29 is 14.1 Å². The van der Waals surface area contributed by atoms with Gasteiger partial charge >= 0.3 is 0 Å². The van der Waals surface area contributed by atoms with Gasteiger partial charge in [-0.15, -0.1) is 5.10 Å². The number of ketones is 1. The quantitative estimate of drug-likeness (QED) is 0.268. The minimum absolute atomic E-state index is 0.0940. The highest BCUT2D eigenvalue weighted by Gasteiger charge is 2.35. The van der Waals surface area contributed by atoms with Gasteiger partial charge in [0.1, 0.15) is 17.0 Å². The summed E-state index contributed by atoms with van der Waals surface area (Å²) in [5, 5.41) is 13.9. The number of nitrogens with zero attached hydrogens (tertiary/aromatic N) is 6. The highest BCUT2D eigenvalue weighted by molar-refractivity contribution is 5.94. The molecule has 1 aliphatic carbocycles. The molecule has 0 saturated carbocycles. The molecule has 10 nitrogen and oxygen atoms in total. The van der Waals surface area contributed by atoms with Gasteiger partial charge in [0.25, 0.3) is 0 Å². The first-order valence-corrected chi connectivity index (χ1v) is 17.3. The van der Waals surface area contributed by atoms with E-state index in [1.54, 1.807) is 7.11 Å². The summed E-state index contributed by atoms with van der Waals surface area (Å²) in [6, 6.07) is 0.413. The SMILES string of the molecule is CC.CC.CCCCC(=O)C1CCCc2c(-c3nc(N4CCCC(C)C4)c4c(OC)nn([C@@H](C)C5CCCN5)c4n3)noc21. The summed E-state index contributed by atoms with van der Waals surface area (Å²) in [4.78, 5) is 25.7. The number of fused-ring (bicyclic) bond motifs is 2. The minimum atomic E-state index is -0.221. The fourth-order valence-corrected chi connectivity index (χ4v) is 6.89. The lowest BCUT2D eigenvalue weighted by Crippen LogP contribution is -2.35. The molecule has 0 aromatic carbocycles. The van der Waals surface area contributed by atoms with E-state index < -0.39 is 0 Å². The van der Waals surface area contributed by atoms with E-state index in [0.717, 1.165) is 93.4 Å². The number of methoxy groups -OCH3 is 1. The van der Waals surface area contributed by atoms with Crippen molar-refractivity contribution in [1.82, 2.24) is 30.2 Å². The number of piperidine rings is 1. The van der Waals surface area contributed by atoms with Gasteiger partial charge in [0.05, 0.1) is 19.1 Å². The fourth-order valence-electron chi connectivity index (χ4n) is 6.89. The number of hydrogen-bond acceptors (Lipinski definition) is 9. The molecule has 6 rings (SSSR count). The largest absolute Gasteiger partial charge is 0.479 e. The van der Waals surface area contributed by atoms with Crippen LogP contribution in [-0.2, 0) is 11.2 Å². The molecule has 3 unspecified atom stereocenters. The zero-order valence-electron chi connectivity index (χ0n) is 28.4. The van der Waals surface area contributed by atoms with Crippen LogP contribution in [0.2, 0.25) is 0 Å². The molecule has 0 bridgehead atoms. The van der Waals surface area contributed by atoms with Crippen LogP contribution in [0, 0.1) is 5.92 Å². The lowest BCUT2D eigenvalue weighted by Gasteiger charge is -2.32. The van der Waals surface area contributed by atoms with Gasteiger partial charge < -0.3 is 19.5 Å². The van der Waals surface area contributed by atoms with Gasteiger partial charge in [0.2, 0.25) is 5.88 Å². The van der Waals surface area contributed by atoms with Crippen molar-refractivity contribution in [3.8, 4) is 17.4 Å². The van der Waals surface area contributed by atoms with E-state index >= 15 is 0 Å². The van der Waals surface area contributed by atoms with E-state index in [4.69, 9.17) is 24.3 Å². The molecule has 3 aromatic rings. The lowest BCUT2D eigenvalue weighted by molar-refractivity contribution is -0.121. The molecular weight excluding hydrogens is 554 g/mol. The van der Waals surface area contributed by atoms with E-state index in [-0.39, 0.29) is 17.7 Å². The van der Waals surface area contributed by atoms with E-state index in [1.807, 2.05) is 32.4 Å². The number of hydrogen-bond donors (Lipinski definition) is 1. The topological polar surface area (TPSA) is 111 Å². The average Bonchev–Trinajstić information content (AvgIpc) is 3.84. The van der Waals surface area contributed by atoms with Crippen LogP contribution in [0.5, 0.6) is 5.88 Å². The first-order valence-electron chi connectivity index (χ1n) is 17.3. The van der Waals surface area contributed by atoms with Gasteiger partial charge in [0, 0.05) is 31.1 Å². The second-order valence-corrected chi connectivity index (χ2v) is 12.0. The van der Waals surface area contributed by atoms with E-state index in [2.05, 4.69) is 36.1 Å². The maximum Gasteiger partial charge on any atom is 0.246 e. The maximum absolute atomic E-state index is 13.1. The number of nitrogens with one attached hydrogen (secondary N) is 1. The molecule has 2 aliphatic heterocycles. The Bertz CT molecular complexity index is 1360. The standard InChI is InChI=1S/C30H43N7O3.2C2H6/c1-5-6-14-23(38)20-11-7-12-21-25(35-40-26(20)21)27-32-28(36-16-9-10-18(2)17-36)24-29(33-27)37(34-30(24)39-4)19(3)22-13-8-15-31-22;2*1-2/h18-20,22,31H,5-17H2,1-4H3;2*1-2H3/t18?,19-,20?,22?;;/m0../s1. The van der Waals surface area contributed by atoms with Crippen LogP contribution in [0.1, 0.15) is 130 Å². The van der Waals surface area contributed by atoms with Gasteiger partial charge in [-0.25, -0.2) is 14.6 Å². The lowest BCUT2D eigenvalue weighted by atomic mass is 9.83. The monoisotopic (exact) mass is 609 g/mol. The van der Waals surface area contributed by atoms with Gasteiger partial charge in [0.15, 0.2) is 22.9 Å². The molecule has 0 radical (unpaired) electrons. The summed E-state index contributed by atoms with van der Waals surface area (Å²) >= 11 is 0. The molecule has 10 heteroatoms. The zero-order valence-corrected chi connectivity index (χ0v) is 28.4. The summed E-state index contributed by atoms with van der Waals surface area (Å²) in [5.74, 6) is 3.27. The van der Waals surface area contributed by atoms with Crippen LogP contribution >= 0.6 is 0 Å².